The predicted octanol–water partition coefficient (Wildman–Crippen LogP) is 4.75. The van der Waals surface area contributed by atoms with E-state index in [0.717, 1.165) is 60.0 Å². The molecular formula is C41H52N4O9S. The molecular weight excluding hydrogens is 725 g/mol. The van der Waals surface area contributed by atoms with Crippen molar-refractivity contribution in [1.29, 1.82) is 0 Å². The molecule has 296 valence electrons. The first-order chi connectivity index (χ1) is 26.3. The summed E-state index contributed by atoms with van der Waals surface area (Å²) in [6.45, 7) is 3.64. The molecule has 2 aromatic rings. The number of methoxy groups -OCH3 is 1. The van der Waals surface area contributed by atoms with E-state index in [2.05, 4.69) is 10.0 Å². The molecule has 13 nitrogen and oxygen atoms in total. The third-order valence-corrected chi connectivity index (χ3v) is 15.0. The second kappa shape index (κ2) is 14.1. The number of carbonyl (C=O) groups excluding carboxylic acids is 4. The minimum absolute atomic E-state index is 0.107. The number of rotatable bonds is 8. The quantitative estimate of drug-likeness (QED) is 0.282. The van der Waals surface area contributed by atoms with Crippen LogP contribution in [0.1, 0.15) is 114 Å². The Hall–Kier alpha value is -4.20. The number of hydrogen-bond acceptors (Lipinski definition) is 10. The van der Waals surface area contributed by atoms with E-state index in [9.17, 15) is 27.6 Å². The Morgan fingerprint density at radius 2 is 1.89 bits per heavy atom. The highest BCUT2D eigenvalue weighted by molar-refractivity contribution is 7.91. The zero-order valence-corrected chi connectivity index (χ0v) is 32.8. The van der Waals surface area contributed by atoms with E-state index < -0.39 is 61.6 Å². The van der Waals surface area contributed by atoms with E-state index in [1.807, 2.05) is 30.4 Å². The van der Waals surface area contributed by atoms with Crippen LogP contribution in [0.2, 0.25) is 0 Å². The van der Waals surface area contributed by atoms with Gasteiger partial charge in [0.2, 0.25) is 21.8 Å². The second-order valence-electron chi connectivity index (χ2n) is 16.9. The number of aryl methyl sites for hydroxylation is 1. The Balaban J connectivity index is 1.15. The Kier molecular flexibility index (Phi) is 9.65. The largest absolute Gasteiger partial charge is 0.497 e. The summed E-state index contributed by atoms with van der Waals surface area (Å²) < 4.78 is 45.6. The van der Waals surface area contributed by atoms with Crippen LogP contribution in [0.25, 0.3) is 10.9 Å². The zero-order chi connectivity index (χ0) is 38.8. The molecule has 1 spiro atoms. The third kappa shape index (κ3) is 7.08. The minimum atomic E-state index is -3.97. The summed E-state index contributed by atoms with van der Waals surface area (Å²) in [6, 6.07) is 4.82. The maximum absolute atomic E-state index is 14.7. The summed E-state index contributed by atoms with van der Waals surface area (Å²) in [7, 11) is -2.34. The van der Waals surface area contributed by atoms with Crippen molar-refractivity contribution in [3.8, 4) is 11.5 Å². The molecule has 4 heterocycles. The fraction of sp³-hybridized carbons (Fsp3) is 0.634. The van der Waals surface area contributed by atoms with Gasteiger partial charge in [-0.25, -0.2) is 13.4 Å². The van der Waals surface area contributed by atoms with Crippen LogP contribution in [0.15, 0.2) is 30.4 Å². The number of nitrogens with one attached hydrogen (secondary N) is 2. The van der Waals surface area contributed by atoms with Crippen LogP contribution in [0.5, 0.6) is 11.5 Å². The lowest BCUT2D eigenvalue weighted by molar-refractivity contribution is -0.150. The van der Waals surface area contributed by atoms with Gasteiger partial charge in [0.25, 0.3) is 5.91 Å². The predicted molar refractivity (Wildman–Crippen MR) is 203 cm³/mol. The van der Waals surface area contributed by atoms with Crippen molar-refractivity contribution < 1.29 is 41.8 Å². The Morgan fingerprint density at radius 1 is 1.09 bits per heavy atom. The van der Waals surface area contributed by atoms with Gasteiger partial charge in [0.1, 0.15) is 28.7 Å². The molecule has 2 N–H and O–H groups in total. The van der Waals surface area contributed by atoms with Crippen LogP contribution in [0.4, 0.5) is 0 Å². The molecule has 0 radical (unpaired) electrons. The second-order valence-corrected chi connectivity index (χ2v) is 19.1. The van der Waals surface area contributed by atoms with Gasteiger partial charge in [0.05, 0.1) is 42.6 Å². The molecule has 3 aliphatic heterocycles. The maximum Gasteiger partial charge on any atom is 0.306 e. The number of allylic oxidation sites excluding steroid dienone is 1. The number of pyridine rings is 1. The molecule has 0 unspecified atom stereocenters. The number of ether oxygens (including phenoxy) is 3. The number of amides is 3. The van der Waals surface area contributed by atoms with E-state index in [1.54, 1.807) is 25.9 Å². The zero-order valence-electron chi connectivity index (χ0n) is 32.0. The molecule has 1 aromatic heterocycles. The van der Waals surface area contributed by atoms with Gasteiger partial charge >= 0.3 is 5.97 Å². The molecule has 0 bridgehead atoms. The number of sulfonamides is 1. The van der Waals surface area contributed by atoms with Crippen LogP contribution < -0.4 is 19.5 Å². The molecule has 3 saturated carbocycles. The minimum Gasteiger partial charge on any atom is -0.497 e. The highest BCUT2D eigenvalue weighted by atomic mass is 32.2. The van der Waals surface area contributed by atoms with Crippen LogP contribution >= 0.6 is 0 Å². The van der Waals surface area contributed by atoms with Crippen molar-refractivity contribution in [2.45, 2.75) is 132 Å². The van der Waals surface area contributed by atoms with Gasteiger partial charge in [-0.15, -0.1) is 0 Å². The van der Waals surface area contributed by atoms with Gasteiger partial charge in [-0.2, -0.15) is 0 Å². The molecule has 3 aliphatic carbocycles. The summed E-state index contributed by atoms with van der Waals surface area (Å²) in [5.41, 5.74) is 0.352. The van der Waals surface area contributed by atoms with E-state index >= 15 is 0 Å². The molecule has 6 aliphatic rings. The van der Waals surface area contributed by atoms with Crippen molar-refractivity contribution in [3.05, 3.63) is 41.6 Å². The van der Waals surface area contributed by atoms with Crippen molar-refractivity contribution >= 4 is 44.6 Å². The summed E-state index contributed by atoms with van der Waals surface area (Å²) in [6.07, 6.45) is 11.8. The average molecular weight is 777 g/mol. The molecule has 14 heteroatoms. The molecule has 3 amide bonds. The highest BCUT2D eigenvalue weighted by Gasteiger charge is 2.64. The van der Waals surface area contributed by atoms with Crippen LogP contribution in [-0.4, -0.2) is 84.2 Å². The fourth-order valence-electron chi connectivity index (χ4n) is 8.85. The van der Waals surface area contributed by atoms with Gasteiger partial charge < -0.3 is 24.4 Å². The lowest BCUT2D eigenvalue weighted by Gasteiger charge is -2.37. The standard InChI is InChI=1S/C41H52N4O9S/c1-4-53-33(46)20-26-10-8-6-5-7-9-11-27-22-41(27,38(49)44-55(50,51)39(2)18-19-39)43-36(47)32-23-40(24-45(32)37(26)48)17-16-30-29-15-14-28(52-3)21-31(29)42-34(25-12-13-25)35(30)54-40/h9,11,14-15,21,25-27,32H,4-8,10,12-13,16-20,22-24H2,1-3H3,(H,43,47)(H,44,49)/b11-9-/t26-,27-,32+,40-,41-/m1/s1. The van der Waals surface area contributed by atoms with E-state index in [1.165, 1.54) is 0 Å². The SMILES string of the molecule is CCOC(=O)C[C@H]1CCCCC/C=C\[C@@H]2C[C@@]2(C(=O)NS(=O)(=O)C2(C)CC2)NC(=O)[C@@H]2C[C@]3(CCc4c(c(C5CC5)nc5cc(OC)ccc45)O3)CN2C1=O. The monoisotopic (exact) mass is 776 g/mol. The molecule has 1 aromatic carbocycles. The average Bonchev–Trinajstić information content (AvgIpc) is 4.09. The summed E-state index contributed by atoms with van der Waals surface area (Å²) in [4.78, 5) is 62.9. The van der Waals surface area contributed by atoms with Gasteiger partial charge in [0.15, 0.2) is 0 Å². The number of fused-ring (bicyclic) bond motifs is 5. The topological polar surface area (TPSA) is 170 Å². The van der Waals surface area contributed by atoms with Crippen molar-refractivity contribution in [2.75, 3.05) is 20.3 Å². The Bertz CT molecular complexity index is 2060. The third-order valence-electron chi connectivity index (χ3n) is 12.8. The normalized spacial score (nSPS) is 30.7. The van der Waals surface area contributed by atoms with E-state index in [4.69, 9.17) is 19.2 Å². The summed E-state index contributed by atoms with van der Waals surface area (Å²) in [5.74, 6) is -1.53. The lowest BCUT2D eigenvalue weighted by atomic mass is 9.86. The van der Waals surface area contributed by atoms with E-state index in [0.29, 0.717) is 44.3 Å². The number of benzene rings is 1. The van der Waals surface area contributed by atoms with E-state index in [-0.39, 0.29) is 44.2 Å². The van der Waals surface area contributed by atoms with Gasteiger partial charge in [-0.1, -0.05) is 25.0 Å². The molecule has 5 atom stereocenters. The first-order valence-corrected chi connectivity index (χ1v) is 21.5. The van der Waals surface area contributed by atoms with Gasteiger partial charge in [0, 0.05) is 41.2 Å². The molecule has 4 fully saturated rings. The first kappa shape index (κ1) is 37.7. The van der Waals surface area contributed by atoms with Crippen LogP contribution in [0, 0.1) is 11.8 Å². The van der Waals surface area contributed by atoms with Crippen molar-refractivity contribution in [1.82, 2.24) is 19.9 Å². The maximum atomic E-state index is 14.7. The number of aromatic nitrogens is 1. The number of hydrogen-bond donors (Lipinski definition) is 2. The summed E-state index contributed by atoms with van der Waals surface area (Å²) >= 11 is 0. The van der Waals surface area contributed by atoms with Gasteiger partial charge in [-0.3, -0.25) is 23.9 Å². The highest BCUT2D eigenvalue weighted by Crippen LogP contribution is 2.52. The lowest BCUT2D eigenvalue weighted by Crippen LogP contribution is -2.57. The van der Waals surface area contributed by atoms with Crippen molar-refractivity contribution in [3.63, 3.8) is 0 Å². The molecule has 1 saturated heterocycles. The fourth-order valence-corrected chi connectivity index (χ4v) is 10.2. The summed E-state index contributed by atoms with van der Waals surface area (Å²) in [5, 5.41) is 3.96. The van der Waals surface area contributed by atoms with Crippen LogP contribution in [-0.2, 0) is 40.4 Å². The molecule has 55 heavy (non-hydrogen) atoms. The van der Waals surface area contributed by atoms with Gasteiger partial charge in [-0.05, 0) is 90.2 Å². The van der Waals surface area contributed by atoms with Crippen LogP contribution in [0.3, 0.4) is 0 Å². The van der Waals surface area contributed by atoms with Crippen molar-refractivity contribution in [2.24, 2.45) is 11.8 Å². The Morgan fingerprint density at radius 3 is 2.62 bits per heavy atom. The number of carbonyl (C=O) groups is 4. The first-order valence-electron chi connectivity index (χ1n) is 20.0. The number of nitrogens with zero attached hydrogens (tertiary/aromatic N) is 2. The molecule has 8 rings (SSSR count). The smallest absolute Gasteiger partial charge is 0.306 e. The number of esters is 1. The Labute approximate surface area is 322 Å².